The van der Waals surface area contributed by atoms with Crippen molar-refractivity contribution in [2.24, 2.45) is 5.73 Å². The Hall–Kier alpha value is -1.68. The first kappa shape index (κ1) is 11.4. The van der Waals surface area contributed by atoms with E-state index >= 15 is 0 Å². The first-order valence-electron chi connectivity index (χ1n) is 6.26. The molecule has 1 aromatic carbocycles. The first-order chi connectivity index (χ1) is 8.74. The number of hydrogen-bond acceptors (Lipinski definition) is 2. The van der Waals surface area contributed by atoms with E-state index in [2.05, 4.69) is 9.55 Å². The number of rotatable bonds is 2. The number of aryl methyl sites for hydroxylation is 1. The molecular weight excluding hydrogens is 229 g/mol. The molecule has 0 amide bonds. The minimum Gasteiger partial charge on any atom is -0.330 e. The minimum atomic E-state index is -0.171. The molecule has 0 saturated heterocycles. The van der Waals surface area contributed by atoms with Gasteiger partial charge in [-0.25, -0.2) is 9.37 Å². The second kappa shape index (κ2) is 4.53. The van der Waals surface area contributed by atoms with E-state index < -0.39 is 0 Å². The van der Waals surface area contributed by atoms with Crippen molar-refractivity contribution in [3.63, 3.8) is 0 Å². The van der Waals surface area contributed by atoms with E-state index in [1.807, 2.05) is 12.3 Å². The lowest BCUT2D eigenvalue weighted by Gasteiger charge is -2.22. The van der Waals surface area contributed by atoms with Crippen LogP contribution < -0.4 is 5.73 Å². The van der Waals surface area contributed by atoms with Gasteiger partial charge in [-0.2, -0.15) is 0 Å². The van der Waals surface area contributed by atoms with Crippen molar-refractivity contribution in [3.8, 4) is 0 Å². The summed E-state index contributed by atoms with van der Waals surface area (Å²) in [5.74, 6) is 0.736. The zero-order valence-electron chi connectivity index (χ0n) is 10.1. The Morgan fingerprint density at radius 3 is 3.06 bits per heavy atom. The van der Waals surface area contributed by atoms with Gasteiger partial charge in [0.2, 0.25) is 0 Å². The molecule has 1 unspecified atom stereocenters. The van der Waals surface area contributed by atoms with E-state index in [1.54, 1.807) is 12.1 Å². The highest BCUT2D eigenvalue weighted by Crippen LogP contribution is 2.19. The quantitative estimate of drug-likeness (QED) is 0.878. The lowest BCUT2D eigenvalue weighted by molar-refractivity contribution is 0.450. The van der Waals surface area contributed by atoms with Crippen molar-refractivity contribution in [1.82, 2.24) is 9.55 Å². The molecule has 18 heavy (non-hydrogen) atoms. The summed E-state index contributed by atoms with van der Waals surface area (Å²) < 4.78 is 15.8. The Labute approximate surface area is 105 Å². The summed E-state index contributed by atoms with van der Waals surface area (Å²) in [5.41, 5.74) is 7.87. The van der Waals surface area contributed by atoms with Crippen molar-refractivity contribution in [2.45, 2.75) is 31.8 Å². The highest BCUT2D eigenvalue weighted by atomic mass is 19.1. The van der Waals surface area contributed by atoms with Crippen LogP contribution in [0.15, 0.2) is 30.5 Å². The third-order valence-corrected chi connectivity index (χ3v) is 3.52. The van der Waals surface area contributed by atoms with Crippen LogP contribution in [0.3, 0.4) is 0 Å². The second-order valence-corrected chi connectivity index (χ2v) is 4.84. The molecule has 3 rings (SSSR count). The van der Waals surface area contributed by atoms with Crippen LogP contribution in [-0.2, 0) is 19.4 Å². The molecule has 2 heterocycles. The maximum Gasteiger partial charge on any atom is 0.126 e. The predicted molar refractivity (Wildman–Crippen MR) is 67.7 cm³/mol. The van der Waals surface area contributed by atoms with Gasteiger partial charge in [-0.05, 0) is 24.5 Å². The number of hydrogen-bond donors (Lipinski definition) is 1. The topological polar surface area (TPSA) is 43.8 Å². The molecule has 1 aromatic heterocycles. The van der Waals surface area contributed by atoms with Crippen LogP contribution >= 0.6 is 0 Å². The molecule has 4 heteroatoms. The zero-order valence-corrected chi connectivity index (χ0v) is 10.1. The second-order valence-electron chi connectivity index (χ2n) is 4.84. The van der Waals surface area contributed by atoms with E-state index in [0.29, 0.717) is 12.0 Å². The number of halogens is 1. The standard InChI is InChI=1S/C14H16FN3/c15-13-4-2-1-3-10(13)7-14-17-8-12-6-5-11(16)9-18(12)14/h1-4,8,11H,5-7,9,16H2. The van der Waals surface area contributed by atoms with Crippen molar-refractivity contribution in [2.75, 3.05) is 0 Å². The number of nitrogens with zero attached hydrogens (tertiary/aromatic N) is 2. The normalized spacial score (nSPS) is 18.7. The van der Waals surface area contributed by atoms with E-state index in [9.17, 15) is 4.39 Å². The first-order valence-corrected chi connectivity index (χ1v) is 6.26. The molecule has 0 aliphatic carbocycles. The van der Waals surface area contributed by atoms with Gasteiger partial charge in [-0.1, -0.05) is 18.2 Å². The molecule has 2 aromatic rings. The summed E-state index contributed by atoms with van der Waals surface area (Å²) in [6.45, 7) is 0.791. The fraction of sp³-hybridized carbons (Fsp3) is 0.357. The predicted octanol–water partition coefficient (Wildman–Crippen LogP) is 1.89. The molecule has 0 bridgehead atoms. The molecule has 0 saturated carbocycles. The lowest BCUT2D eigenvalue weighted by atomic mass is 10.1. The molecule has 0 fully saturated rings. The Morgan fingerprint density at radius 2 is 2.22 bits per heavy atom. The van der Waals surface area contributed by atoms with Crippen LogP contribution in [0, 0.1) is 5.82 Å². The SMILES string of the molecule is NC1CCc2cnc(Cc3ccccc3F)n2C1. The van der Waals surface area contributed by atoms with Crippen molar-refractivity contribution in [3.05, 3.63) is 53.4 Å². The smallest absolute Gasteiger partial charge is 0.126 e. The van der Waals surface area contributed by atoms with Crippen LogP contribution in [0.2, 0.25) is 0 Å². The minimum absolute atomic E-state index is 0.171. The van der Waals surface area contributed by atoms with Crippen LogP contribution in [0.4, 0.5) is 4.39 Å². The largest absolute Gasteiger partial charge is 0.330 e. The molecule has 94 valence electrons. The number of benzene rings is 1. The molecule has 2 N–H and O–H groups in total. The van der Waals surface area contributed by atoms with Gasteiger partial charge in [0.05, 0.1) is 0 Å². The summed E-state index contributed by atoms with van der Waals surface area (Å²) >= 11 is 0. The molecule has 1 atom stereocenters. The maximum atomic E-state index is 13.6. The average Bonchev–Trinajstić information content (AvgIpc) is 2.75. The van der Waals surface area contributed by atoms with Crippen molar-refractivity contribution >= 4 is 0 Å². The summed E-state index contributed by atoms with van der Waals surface area (Å²) in [7, 11) is 0. The van der Waals surface area contributed by atoms with Gasteiger partial charge >= 0.3 is 0 Å². The highest BCUT2D eigenvalue weighted by molar-refractivity contribution is 5.23. The molecule has 1 aliphatic rings. The van der Waals surface area contributed by atoms with Crippen LogP contribution in [0.1, 0.15) is 23.5 Å². The summed E-state index contributed by atoms with van der Waals surface area (Å²) in [5, 5.41) is 0. The van der Waals surface area contributed by atoms with Gasteiger partial charge in [-0.15, -0.1) is 0 Å². The summed E-state index contributed by atoms with van der Waals surface area (Å²) in [6, 6.07) is 7.03. The van der Waals surface area contributed by atoms with Gasteiger partial charge in [0.15, 0.2) is 0 Å². The van der Waals surface area contributed by atoms with E-state index in [0.717, 1.165) is 25.2 Å². The van der Waals surface area contributed by atoms with E-state index in [1.165, 1.54) is 11.8 Å². The van der Waals surface area contributed by atoms with Crippen LogP contribution in [-0.4, -0.2) is 15.6 Å². The van der Waals surface area contributed by atoms with Crippen molar-refractivity contribution in [1.29, 1.82) is 0 Å². The molecule has 1 aliphatic heterocycles. The molecule has 3 nitrogen and oxygen atoms in total. The zero-order chi connectivity index (χ0) is 12.5. The summed E-state index contributed by atoms with van der Waals surface area (Å²) in [6.07, 6.45) is 4.39. The number of fused-ring (bicyclic) bond motifs is 1. The Kier molecular flexibility index (Phi) is 2.88. The third-order valence-electron chi connectivity index (χ3n) is 3.52. The molecule has 0 spiro atoms. The molecule has 0 radical (unpaired) electrons. The Morgan fingerprint density at radius 1 is 1.39 bits per heavy atom. The number of imidazole rings is 1. The Bertz CT molecular complexity index is 562. The number of aromatic nitrogens is 2. The van der Waals surface area contributed by atoms with Crippen molar-refractivity contribution < 1.29 is 4.39 Å². The fourth-order valence-electron chi connectivity index (χ4n) is 2.49. The van der Waals surface area contributed by atoms with E-state index in [4.69, 9.17) is 5.73 Å². The van der Waals surface area contributed by atoms with Gasteiger partial charge in [0.25, 0.3) is 0 Å². The monoisotopic (exact) mass is 245 g/mol. The van der Waals surface area contributed by atoms with Gasteiger partial charge in [0.1, 0.15) is 11.6 Å². The third kappa shape index (κ3) is 2.04. The maximum absolute atomic E-state index is 13.6. The van der Waals surface area contributed by atoms with Gasteiger partial charge < -0.3 is 10.3 Å². The highest BCUT2D eigenvalue weighted by Gasteiger charge is 2.19. The van der Waals surface area contributed by atoms with Gasteiger partial charge in [0, 0.05) is 30.9 Å². The molecular formula is C14H16FN3. The Balaban J connectivity index is 1.90. The summed E-state index contributed by atoms with van der Waals surface area (Å²) in [4.78, 5) is 4.41. The lowest BCUT2D eigenvalue weighted by Crippen LogP contribution is -2.32. The number of nitrogens with two attached hydrogens (primary N) is 1. The van der Waals surface area contributed by atoms with Crippen LogP contribution in [0.25, 0.3) is 0 Å². The van der Waals surface area contributed by atoms with E-state index in [-0.39, 0.29) is 11.9 Å². The fourth-order valence-corrected chi connectivity index (χ4v) is 2.49. The average molecular weight is 245 g/mol. The van der Waals surface area contributed by atoms with Crippen LogP contribution in [0.5, 0.6) is 0 Å². The van der Waals surface area contributed by atoms with Gasteiger partial charge in [-0.3, -0.25) is 0 Å².